The van der Waals surface area contributed by atoms with Crippen molar-refractivity contribution in [2.24, 2.45) is 11.8 Å². The van der Waals surface area contributed by atoms with Crippen molar-refractivity contribution in [3.63, 3.8) is 0 Å². The van der Waals surface area contributed by atoms with Crippen LogP contribution in [-0.2, 0) is 4.74 Å². The second-order valence-corrected chi connectivity index (χ2v) is 9.01. The molecule has 0 aliphatic carbocycles. The van der Waals surface area contributed by atoms with E-state index < -0.39 is 12.1 Å². The zero-order chi connectivity index (χ0) is 24.9. The standard InChI is InChI=1S/C20H24N2O2.C8H8O3/c1-3-13-12-22-9-7-14(13)10-19(22)20(23)16-6-8-21-18-5-4-15(24-2)11-17(16)18;1-11-8(10)6-2-4-7(9)5-3-6/h3-6,8,11,13-14,19-20,23H,1,7,9-10,12H2,2H3;2-5,9H,1H3/t13-,14-,19+,20-;/m0./s1. The molecule has 2 bridgehead atoms. The Hall–Kier alpha value is -3.42. The lowest BCUT2D eigenvalue weighted by Crippen LogP contribution is -2.54. The number of hydrogen-bond donors (Lipinski definition) is 2. The van der Waals surface area contributed by atoms with Gasteiger partial charge in [0.2, 0.25) is 0 Å². The van der Waals surface area contributed by atoms with Gasteiger partial charge in [-0.25, -0.2) is 4.79 Å². The first-order valence-corrected chi connectivity index (χ1v) is 11.8. The van der Waals surface area contributed by atoms with E-state index in [9.17, 15) is 9.90 Å². The Bertz CT molecular complexity index is 1180. The minimum Gasteiger partial charge on any atom is -0.508 e. The molecular formula is C28H32N2O5. The van der Waals surface area contributed by atoms with Gasteiger partial charge in [0.25, 0.3) is 0 Å². The van der Waals surface area contributed by atoms with Crippen LogP contribution in [0, 0.1) is 11.8 Å². The molecule has 7 nitrogen and oxygen atoms in total. The molecule has 2 N–H and O–H groups in total. The number of pyridine rings is 1. The number of piperidine rings is 3. The number of carbonyl (C=O) groups excluding carboxylic acids is 1. The number of hydrogen-bond acceptors (Lipinski definition) is 7. The number of carbonyl (C=O) groups is 1. The monoisotopic (exact) mass is 476 g/mol. The van der Waals surface area contributed by atoms with Crippen LogP contribution in [0.4, 0.5) is 0 Å². The Morgan fingerprint density at radius 2 is 1.97 bits per heavy atom. The highest BCUT2D eigenvalue weighted by molar-refractivity contribution is 5.89. The maximum Gasteiger partial charge on any atom is 0.337 e. The summed E-state index contributed by atoms with van der Waals surface area (Å²) in [5.41, 5.74) is 2.28. The van der Waals surface area contributed by atoms with Crippen molar-refractivity contribution >= 4 is 16.9 Å². The second kappa shape index (κ2) is 10.9. The first kappa shape index (κ1) is 24.7. The van der Waals surface area contributed by atoms with Crippen molar-refractivity contribution in [3.8, 4) is 11.5 Å². The van der Waals surface area contributed by atoms with E-state index in [-0.39, 0.29) is 11.8 Å². The normalized spacial score (nSPS) is 23.6. The molecule has 7 heteroatoms. The van der Waals surface area contributed by atoms with E-state index in [0.717, 1.165) is 41.7 Å². The smallest absolute Gasteiger partial charge is 0.337 e. The topological polar surface area (TPSA) is 92.1 Å². The van der Waals surface area contributed by atoms with Crippen LogP contribution in [0.25, 0.3) is 10.9 Å². The van der Waals surface area contributed by atoms with Gasteiger partial charge in [0.05, 0.1) is 31.4 Å². The third-order valence-electron chi connectivity index (χ3n) is 7.11. The third-order valence-corrected chi connectivity index (χ3v) is 7.11. The van der Waals surface area contributed by atoms with Crippen LogP contribution in [0.1, 0.15) is 34.9 Å². The number of benzene rings is 2. The van der Waals surface area contributed by atoms with Gasteiger partial charge in [0.1, 0.15) is 11.5 Å². The molecular weight excluding hydrogens is 444 g/mol. The molecule has 5 atom stereocenters. The number of rotatable bonds is 5. The molecule has 6 rings (SSSR count). The lowest BCUT2D eigenvalue weighted by Gasteiger charge is -2.50. The van der Waals surface area contributed by atoms with Gasteiger partial charge in [-0.2, -0.15) is 0 Å². The molecule has 3 saturated heterocycles. The lowest BCUT2D eigenvalue weighted by atomic mass is 9.73. The number of fused-ring (bicyclic) bond motifs is 4. The van der Waals surface area contributed by atoms with E-state index in [1.54, 1.807) is 13.3 Å². The molecule has 4 heterocycles. The number of esters is 1. The second-order valence-electron chi connectivity index (χ2n) is 9.01. The number of methoxy groups -OCH3 is 2. The average Bonchev–Trinajstić information content (AvgIpc) is 2.92. The van der Waals surface area contributed by atoms with Crippen molar-refractivity contribution in [2.45, 2.75) is 25.0 Å². The van der Waals surface area contributed by atoms with Gasteiger partial charge in [0.15, 0.2) is 0 Å². The summed E-state index contributed by atoms with van der Waals surface area (Å²) in [5, 5.41) is 21.0. The molecule has 0 radical (unpaired) electrons. The summed E-state index contributed by atoms with van der Waals surface area (Å²) in [4.78, 5) is 17.7. The molecule has 3 aliphatic heterocycles. The van der Waals surface area contributed by atoms with Gasteiger partial charge in [0, 0.05) is 24.2 Å². The average molecular weight is 477 g/mol. The third kappa shape index (κ3) is 5.31. The van der Waals surface area contributed by atoms with Crippen LogP contribution >= 0.6 is 0 Å². The van der Waals surface area contributed by atoms with Crippen LogP contribution < -0.4 is 4.74 Å². The van der Waals surface area contributed by atoms with Gasteiger partial charge in [-0.15, -0.1) is 6.58 Å². The van der Waals surface area contributed by atoms with E-state index >= 15 is 0 Å². The summed E-state index contributed by atoms with van der Waals surface area (Å²) in [6, 6.07) is 13.8. The largest absolute Gasteiger partial charge is 0.508 e. The Morgan fingerprint density at radius 1 is 1.20 bits per heavy atom. The summed E-state index contributed by atoms with van der Waals surface area (Å²) in [5.74, 6) is 1.75. The van der Waals surface area contributed by atoms with E-state index in [0.29, 0.717) is 17.4 Å². The predicted octanol–water partition coefficient (Wildman–Crippen LogP) is 4.35. The minimum atomic E-state index is -0.504. The highest BCUT2D eigenvalue weighted by Gasteiger charge is 2.42. The fourth-order valence-electron chi connectivity index (χ4n) is 5.16. The lowest BCUT2D eigenvalue weighted by molar-refractivity contribution is -0.0444. The summed E-state index contributed by atoms with van der Waals surface area (Å²) < 4.78 is 9.81. The molecule has 0 amide bonds. The van der Waals surface area contributed by atoms with Crippen LogP contribution in [0.5, 0.6) is 11.5 Å². The molecule has 3 aliphatic rings. The van der Waals surface area contributed by atoms with Crippen molar-refractivity contribution in [1.29, 1.82) is 0 Å². The van der Waals surface area contributed by atoms with Gasteiger partial charge in [-0.05, 0) is 85.3 Å². The van der Waals surface area contributed by atoms with Crippen molar-refractivity contribution in [3.05, 3.63) is 78.5 Å². The maximum absolute atomic E-state index is 11.2. The molecule has 3 fully saturated rings. The van der Waals surface area contributed by atoms with Crippen LogP contribution in [0.3, 0.4) is 0 Å². The van der Waals surface area contributed by atoms with E-state index in [1.807, 2.05) is 24.3 Å². The Morgan fingerprint density at radius 3 is 2.60 bits per heavy atom. The number of nitrogens with zero attached hydrogens (tertiary/aromatic N) is 2. The fourth-order valence-corrected chi connectivity index (χ4v) is 5.16. The SMILES string of the molecule is C=C[C@H]1CN2CC[C@H]1C[C@@H]2[C@@H](O)c1ccnc2ccc(OC)cc12.COC(=O)c1ccc(O)cc1. The van der Waals surface area contributed by atoms with Crippen LogP contribution in [0.15, 0.2) is 67.4 Å². The molecule has 2 aromatic carbocycles. The van der Waals surface area contributed by atoms with Gasteiger partial charge in [-0.1, -0.05) is 6.08 Å². The van der Waals surface area contributed by atoms with Gasteiger partial charge >= 0.3 is 5.97 Å². The molecule has 0 saturated carbocycles. The molecule has 3 aromatic rings. The predicted molar refractivity (Wildman–Crippen MR) is 134 cm³/mol. The Labute approximate surface area is 205 Å². The molecule has 0 spiro atoms. The van der Waals surface area contributed by atoms with E-state index in [1.165, 1.54) is 37.8 Å². The quantitative estimate of drug-likeness (QED) is 0.418. The first-order valence-electron chi connectivity index (χ1n) is 11.8. The number of phenolic OH excluding ortho intramolecular Hbond substituents is 1. The maximum atomic E-state index is 11.2. The van der Waals surface area contributed by atoms with Crippen molar-refractivity contribution in [1.82, 2.24) is 9.88 Å². The summed E-state index contributed by atoms with van der Waals surface area (Å²) in [6.07, 6.45) is 5.62. The number of ether oxygens (including phenoxy) is 2. The summed E-state index contributed by atoms with van der Waals surface area (Å²) in [6.45, 7) is 6.07. The van der Waals surface area contributed by atoms with Gasteiger partial charge in [-0.3, -0.25) is 9.88 Å². The molecule has 184 valence electrons. The van der Waals surface area contributed by atoms with Crippen molar-refractivity contribution in [2.75, 3.05) is 27.3 Å². The van der Waals surface area contributed by atoms with Crippen LogP contribution in [-0.4, -0.2) is 59.4 Å². The first-order chi connectivity index (χ1) is 16.9. The number of aromatic nitrogens is 1. The highest BCUT2D eigenvalue weighted by Crippen LogP contribution is 2.42. The fraction of sp³-hybridized carbons (Fsp3) is 0.357. The minimum absolute atomic E-state index is 0.137. The van der Waals surface area contributed by atoms with E-state index in [2.05, 4.69) is 27.3 Å². The van der Waals surface area contributed by atoms with Crippen molar-refractivity contribution < 1.29 is 24.5 Å². The number of aliphatic hydroxyl groups excluding tert-OH is 1. The molecule has 35 heavy (non-hydrogen) atoms. The number of aliphatic hydroxyl groups is 1. The Balaban J connectivity index is 0.000000221. The number of phenols is 1. The number of aromatic hydroxyl groups is 1. The van der Waals surface area contributed by atoms with Gasteiger partial charge < -0.3 is 19.7 Å². The van der Waals surface area contributed by atoms with E-state index in [4.69, 9.17) is 9.84 Å². The Kier molecular flexibility index (Phi) is 7.68. The molecule has 1 unspecified atom stereocenters. The highest BCUT2D eigenvalue weighted by atomic mass is 16.5. The zero-order valence-electron chi connectivity index (χ0n) is 20.1. The van der Waals surface area contributed by atoms with Crippen LogP contribution in [0.2, 0.25) is 0 Å². The zero-order valence-corrected chi connectivity index (χ0v) is 20.1. The molecule has 1 aromatic heterocycles. The summed E-state index contributed by atoms with van der Waals surface area (Å²) >= 11 is 0. The summed E-state index contributed by atoms with van der Waals surface area (Å²) in [7, 11) is 2.98.